The van der Waals surface area contributed by atoms with Gasteiger partial charge in [0.2, 0.25) is 0 Å². The highest BCUT2D eigenvalue weighted by molar-refractivity contribution is 7.49. The molecule has 0 bridgehead atoms. The predicted octanol–water partition coefficient (Wildman–Crippen LogP) is 27.2. The molecule has 15 aromatic carbocycles. The Morgan fingerprint density at radius 2 is 0.277 bits per heavy atom. The number of hydrogen-bond acceptors (Lipinski definition) is 4. The molecule has 0 saturated heterocycles. The normalized spacial score (nSPS) is 11.3. The van der Waals surface area contributed by atoms with Crippen molar-refractivity contribution in [3.05, 3.63) is 379 Å². The number of phosphoric ester groups is 1. The Kier molecular flexibility index (Phi) is 18.3. The zero-order valence-electron chi connectivity index (χ0n) is 57.5. The summed E-state index contributed by atoms with van der Waals surface area (Å²) >= 11 is 0. The number of rotatable bonds is 18. The van der Waals surface area contributed by atoms with Gasteiger partial charge in [0.05, 0.1) is 0 Å². The van der Waals surface area contributed by atoms with Gasteiger partial charge in [0.25, 0.3) is 0 Å². The van der Waals surface area contributed by atoms with Crippen molar-refractivity contribution in [1.82, 2.24) is 0 Å². The second kappa shape index (κ2) is 28.4. The molecule has 0 aromatic heterocycles. The van der Waals surface area contributed by atoms with Gasteiger partial charge < -0.3 is 13.6 Å². The first-order chi connectivity index (χ1) is 49.2. The lowest BCUT2D eigenvalue weighted by Crippen LogP contribution is -2.09. The molecule has 101 heavy (non-hydrogen) atoms. The predicted molar refractivity (Wildman–Crippen MR) is 422 cm³/mol. The molecule has 0 aliphatic carbocycles. The van der Waals surface area contributed by atoms with E-state index in [9.17, 15) is 0 Å². The molecular weight excluding hydrogens is 1250 g/mol. The van der Waals surface area contributed by atoms with Crippen LogP contribution in [0.3, 0.4) is 0 Å². The van der Waals surface area contributed by atoms with E-state index < -0.39 is 7.82 Å². The van der Waals surface area contributed by atoms with E-state index in [1.165, 1.54) is 33.4 Å². The minimum absolute atomic E-state index is 0.306. The van der Waals surface area contributed by atoms with E-state index in [1.54, 1.807) is 0 Å². The van der Waals surface area contributed by atoms with Crippen LogP contribution in [0.1, 0.15) is 33.4 Å². The van der Waals surface area contributed by atoms with E-state index in [1.807, 2.05) is 36.4 Å². The van der Waals surface area contributed by atoms with Gasteiger partial charge in [-0.3, -0.25) is 0 Å². The molecule has 0 atom stereocenters. The van der Waals surface area contributed by atoms with Gasteiger partial charge in [0.15, 0.2) is 0 Å². The Labute approximate surface area is 593 Å². The van der Waals surface area contributed by atoms with Crippen molar-refractivity contribution in [3.8, 4) is 151 Å². The highest BCUT2D eigenvalue weighted by atomic mass is 31.2. The fourth-order valence-corrected chi connectivity index (χ4v) is 14.3. The van der Waals surface area contributed by atoms with Crippen LogP contribution >= 0.6 is 7.82 Å². The molecule has 0 heterocycles. The van der Waals surface area contributed by atoms with Gasteiger partial charge in [-0.15, -0.1) is 0 Å². The van der Waals surface area contributed by atoms with Gasteiger partial charge in [-0.25, -0.2) is 0 Å². The smallest absolute Gasteiger partial charge is 0.385 e. The molecular formula is C96H75O4P. The summed E-state index contributed by atoms with van der Waals surface area (Å²) in [5, 5.41) is 0. The Bertz CT molecular complexity index is 4900. The lowest BCUT2D eigenvalue weighted by molar-refractivity contribution is 0.299. The van der Waals surface area contributed by atoms with E-state index in [0.29, 0.717) is 33.9 Å². The van der Waals surface area contributed by atoms with Crippen LogP contribution < -0.4 is 13.6 Å². The SMILES string of the molecule is Cc1ccc(-c2ccc(-c3ccc(OP(=O)(Oc4ccc(-c5ccc(-c6ccc(C)cc6)cc5)cc4-c4ccc(-c5ccc(C)cc5)cc4)Oc4ccc(-c5ccc(-c6ccc(C)cc6)cc5)cc4-c4ccc(-c5ccc(C)cc5)cc4)c(-c4ccc(-c5ccc(C)cc5)cc4)c3)cc2)cc1. The summed E-state index contributed by atoms with van der Waals surface area (Å²) in [5.74, 6) is 0.917. The number of phosphoric acid groups is 1. The molecule has 0 unspecified atom stereocenters. The first-order valence-corrected chi connectivity index (χ1v) is 35.9. The topological polar surface area (TPSA) is 44.8 Å². The highest BCUT2D eigenvalue weighted by Crippen LogP contribution is 2.56. The maximum absolute atomic E-state index is 17.2. The lowest BCUT2D eigenvalue weighted by atomic mass is 9.95. The van der Waals surface area contributed by atoms with Crippen molar-refractivity contribution < 1.29 is 18.1 Å². The van der Waals surface area contributed by atoms with E-state index in [4.69, 9.17) is 13.6 Å². The molecule has 0 radical (unpaired) electrons. The van der Waals surface area contributed by atoms with Crippen LogP contribution in [0.15, 0.2) is 346 Å². The Balaban J connectivity index is 0.887. The molecule has 0 aliphatic rings. The molecule has 5 heteroatoms. The van der Waals surface area contributed by atoms with Gasteiger partial charge >= 0.3 is 7.82 Å². The van der Waals surface area contributed by atoms with E-state index >= 15 is 4.57 Å². The summed E-state index contributed by atoms with van der Waals surface area (Å²) in [4.78, 5) is 0. The van der Waals surface area contributed by atoms with Gasteiger partial charge in [0.1, 0.15) is 17.2 Å². The van der Waals surface area contributed by atoms with Crippen LogP contribution in [0, 0.1) is 41.5 Å². The second-order valence-electron chi connectivity index (χ2n) is 26.5. The van der Waals surface area contributed by atoms with E-state index in [-0.39, 0.29) is 0 Å². The third-order valence-corrected chi connectivity index (χ3v) is 20.4. The van der Waals surface area contributed by atoms with Gasteiger partial charge in [-0.05, 0) is 195 Å². The van der Waals surface area contributed by atoms with E-state index in [2.05, 4.69) is 351 Å². The Hall–Kier alpha value is -12.1. The molecule has 0 N–H and O–H groups in total. The van der Waals surface area contributed by atoms with Crippen molar-refractivity contribution in [2.75, 3.05) is 0 Å². The van der Waals surface area contributed by atoms with Gasteiger partial charge in [-0.1, -0.05) is 343 Å². The van der Waals surface area contributed by atoms with E-state index in [0.717, 1.165) is 117 Å². The summed E-state index contributed by atoms with van der Waals surface area (Å²) in [6.45, 7) is 12.6. The monoisotopic (exact) mass is 1320 g/mol. The van der Waals surface area contributed by atoms with Crippen LogP contribution in [-0.4, -0.2) is 0 Å². The van der Waals surface area contributed by atoms with Crippen molar-refractivity contribution in [2.45, 2.75) is 41.5 Å². The summed E-state index contributed by atoms with van der Waals surface area (Å²) in [6.07, 6.45) is 0. The van der Waals surface area contributed by atoms with Crippen LogP contribution in [-0.2, 0) is 4.57 Å². The third-order valence-electron chi connectivity index (χ3n) is 19.1. The van der Waals surface area contributed by atoms with Crippen molar-refractivity contribution in [2.24, 2.45) is 0 Å². The molecule has 0 fully saturated rings. The fourth-order valence-electron chi connectivity index (χ4n) is 13.0. The van der Waals surface area contributed by atoms with Gasteiger partial charge in [0, 0.05) is 16.7 Å². The second-order valence-corrected chi connectivity index (χ2v) is 28.0. The Morgan fingerprint density at radius 3 is 0.436 bits per heavy atom. The average molecular weight is 1320 g/mol. The molecule has 4 nitrogen and oxygen atoms in total. The fraction of sp³-hybridized carbons (Fsp3) is 0.0625. The summed E-state index contributed by atoms with van der Waals surface area (Å²) in [6, 6.07) is 121. The van der Waals surface area contributed by atoms with Crippen LogP contribution in [0.2, 0.25) is 0 Å². The third kappa shape index (κ3) is 14.7. The zero-order valence-corrected chi connectivity index (χ0v) is 58.4. The largest absolute Gasteiger partial charge is 0.647 e. The average Bonchev–Trinajstić information content (AvgIpc) is 0.786. The molecule has 488 valence electrons. The van der Waals surface area contributed by atoms with Crippen LogP contribution in [0.4, 0.5) is 0 Å². The van der Waals surface area contributed by atoms with Crippen molar-refractivity contribution >= 4 is 7.82 Å². The molecule has 0 aliphatic heterocycles. The molecule has 15 aromatic rings. The molecule has 0 saturated carbocycles. The zero-order chi connectivity index (χ0) is 69.0. The quantitative estimate of drug-likeness (QED) is 0.0803. The van der Waals surface area contributed by atoms with Crippen LogP contribution in [0.25, 0.3) is 134 Å². The number of benzene rings is 15. The number of hydrogen-bond donors (Lipinski definition) is 0. The minimum atomic E-state index is -4.91. The first kappa shape index (κ1) is 64.9. The summed E-state index contributed by atoms with van der Waals surface area (Å²) in [7, 11) is -4.91. The van der Waals surface area contributed by atoms with Gasteiger partial charge in [-0.2, -0.15) is 4.57 Å². The molecule has 0 amide bonds. The summed E-state index contributed by atoms with van der Waals surface area (Å²) in [5.41, 5.74) is 31.0. The lowest BCUT2D eigenvalue weighted by Gasteiger charge is -2.24. The first-order valence-electron chi connectivity index (χ1n) is 34.4. The highest BCUT2D eigenvalue weighted by Gasteiger charge is 2.37. The van der Waals surface area contributed by atoms with Crippen molar-refractivity contribution in [1.29, 1.82) is 0 Å². The number of aryl methyl sites for hydroxylation is 6. The molecule has 0 spiro atoms. The Morgan fingerprint density at radius 1 is 0.158 bits per heavy atom. The van der Waals surface area contributed by atoms with Crippen molar-refractivity contribution in [3.63, 3.8) is 0 Å². The minimum Gasteiger partial charge on any atom is -0.385 e. The maximum atomic E-state index is 17.2. The van der Waals surface area contributed by atoms with Crippen LogP contribution in [0.5, 0.6) is 17.2 Å². The standard InChI is InChI=1S/C96H75O4P/c1-64-7-19-70(20-8-64)76-31-37-82(38-32-76)88-55-58-94(91(61-88)85-49-43-79(44-50-85)73-25-13-67(4)14-26-73)98-101(97,99-95-59-56-89(83-39-33-77(34-40-83)71-21-9-65(2)10-22-71)62-92(95)86-51-45-80(46-52-86)74-27-15-68(5)16-28-74)100-96-60-57-90(84-41-35-78(36-42-84)72-23-11-66(3)12-24-72)63-93(96)87-53-47-81(48-54-87)75-29-17-69(6)18-30-75/h7-63H,1-6H3. The summed E-state index contributed by atoms with van der Waals surface area (Å²) < 4.78 is 38.9. The molecule has 15 rings (SSSR count). The maximum Gasteiger partial charge on any atom is 0.647 e.